The van der Waals surface area contributed by atoms with Crippen LogP contribution in [0.15, 0.2) is 41.8 Å². The summed E-state index contributed by atoms with van der Waals surface area (Å²) in [6.07, 6.45) is -3.39. The van der Waals surface area contributed by atoms with Crippen LogP contribution in [0.2, 0.25) is 0 Å². The second-order valence-electron chi connectivity index (χ2n) is 5.73. The second-order valence-corrected chi connectivity index (χ2v) is 7.73. The van der Waals surface area contributed by atoms with Crippen LogP contribution in [0.3, 0.4) is 0 Å². The first kappa shape index (κ1) is 21.2. The molecule has 0 unspecified atom stereocenters. The first-order valence-electron chi connectivity index (χ1n) is 7.45. The Balaban J connectivity index is 3.22. The van der Waals surface area contributed by atoms with Crippen molar-refractivity contribution in [1.29, 1.82) is 0 Å². The van der Waals surface area contributed by atoms with Gasteiger partial charge in [-0.15, -0.1) is 6.58 Å². The molecule has 0 heterocycles. The summed E-state index contributed by atoms with van der Waals surface area (Å²) in [6, 6.07) is 4.68. The van der Waals surface area contributed by atoms with Crippen molar-refractivity contribution >= 4 is 15.9 Å². The normalized spacial score (nSPS) is 12.5. The average molecular weight is 378 g/mol. The van der Waals surface area contributed by atoms with E-state index in [1.807, 2.05) is 0 Å². The van der Waals surface area contributed by atoms with Gasteiger partial charge in [0.1, 0.15) is 6.54 Å². The molecule has 0 N–H and O–H groups in total. The monoisotopic (exact) mass is 378 g/mol. The molecule has 0 fully saturated rings. The van der Waals surface area contributed by atoms with E-state index in [2.05, 4.69) is 6.58 Å². The standard InChI is InChI=1S/C16H21F3N2O3S/c1-5-9-21(11-16(17,18)19)15(22)13-7-6-8-14(10-13)25(23,24)20(4)12(2)3/h5-8,10,12H,1,9,11H2,2-4H3. The molecule has 1 aromatic rings. The summed E-state index contributed by atoms with van der Waals surface area (Å²) in [5, 5.41) is 0. The number of nitrogens with zero attached hydrogens (tertiary/aromatic N) is 2. The third-order valence-electron chi connectivity index (χ3n) is 3.49. The van der Waals surface area contributed by atoms with Crippen LogP contribution < -0.4 is 0 Å². The van der Waals surface area contributed by atoms with Crippen LogP contribution in [0.1, 0.15) is 24.2 Å². The minimum Gasteiger partial charge on any atom is -0.326 e. The van der Waals surface area contributed by atoms with Crippen molar-refractivity contribution in [3.05, 3.63) is 42.5 Å². The van der Waals surface area contributed by atoms with E-state index >= 15 is 0 Å². The molecule has 1 aromatic carbocycles. The quantitative estimate of drug-likeness (QED) is 0.686. The molecule has 140 valence electrons. The van der Waals surface area contributed by atoms with Gasteiger partial charge in [-0.3, -0.25) is 4.79 Å². The number of carbonyl (C=O) groups excluding carboxylic acids is 1. The molecule has 0 saturated carbocycles. The Bertz CT molecular complexity index is 730. The summed E-state index contributed by atoms with van der Waals surface area (Å²) >= 11 is 0. The Labute approximate surface area is 145 Å². The fourth-order valence-corrected chi connectivity index (χ4v) is 3.42. The van der Waals surface area contributed by atoms with Crippen LogP contribution in [-0.4, -0.2) is 55.9 Å². The lowest BCUT2D eigenvalue weighted by molar-refractivity contribution is -0.139. The molecular weight excluding hydrogens is 357 g/mol. The molecular formula is C16H21F3N2O3S. The minimum atomic E-state index is -4.57. The smallest absolute Gasteiger partial charge is 0.326 e. The molecule has 0 radical (unpaired) electrons. The van der Waals surface area contributed by atoms with E-state index in [-0.39, 0.29) is 23.0 Å². The van der Waals surface area contributed by atoms with Crippen molar-refractivity contribution in [1.82, 2.24) is 9.21 Å². The summed E-state index contributed by atoms with van der Waals surface area (Å²) in [5.41, 5.74) is -0.135. The fraction of sp³-hybridized carbons (Fsp3) is 0.438. The van der Waals surface area contributed by atoms with Crippen LogP contribution in [0, 0.1) is 0 Å². The topological polar surface area (TPSA) is 57.7 Å². The lowest BCUT2D eigenvalue weighted by Gasteiger charge is -2.24. The van der Waals surface area contributed by atoms with Crippen molar-refractivity contribution in [2.24, 2.45) is 0 Å². The summed E-state index contributed by atoms with van der Waals surface area (Å²) in [7, 11) is -2.46. The van der Waals surface area contributed by atoms with Crippen LogP contribution in [0.4, 0.5) is 13.2 Å². The predicted octanol–water partition coefficient (Wildman–Crippen LogP) is 2.91. The van der Waals surface area contributed by atoms with Gasteiger partial charge in [0, 0.05) is 25.2 Å². The van der Waals surface area contributed by atoms with E-state index < -0.39 is 28.7 Å². The average Bonchev–Trinajstić information content (AvgIpc) is 2.51. The third-order valence-corrected chi connectivity index (χ3v) is 5.52. The zero-order chi connectivity index (χ0) is 19.4. The number of carbonyl (C=O) groups is 1. The highest BCUT2D eigenvalue weighted by molar-refractivity contribution is 7.89. The van der Waals surface area contributed by atoms with E-state index in [0.29, 0.717) is 4.90 Å². The summed E-state index contributed by atoms with van der Waals surface area (Å²) in [6.45, 7) is 4.96. The van der Waals surface area contributed by atoms with Crippen LogP contribution in [0.25, 0.3) is 0 Å². The van der Waals surface area contributed by atoms with Gasteiger partial charge in [-0.05, 0) is 32.0 Å². The molecule has 0 aromatic heterocycles. The highest BCUT2D eigenvalue weighted by Gasteiger charge is 2.33. The highest BCUT2D eigenvalue weighted by atomic mass is 32.2. The Hall–Kier alpha value is -1.87. The van der Waals surface area contributed by atoms with E-state index in [0.717, 1.165) is 10.4 Å². The number of hydrogen-bond acceptors (Lipinski definition) is 3. The molecule has 0 bridgehead atoms. The van der Waals surface area contributed by atoms with Crippen molar-refractivity contribution in [3.63, 3.8) is 0 Å². The zero-order valence-corrected chi connectivity index (χ0v) is 15.1. The largest absolute Gasteiger partial charge is 0.406 e. The Morgan fingerprint density at radius 2 is 1.92 bits per heavy atom. The van der Waals surface area contributed by atoms with Crippen molar-refractivity contribution < 1.29 is 26.4 Å². The van der Waals surface area contributed by atoms with Crippen molar-refractivity contribution in [2.75, 3.05) is 20.1 Å². The first-order chi connectivity index (χ1) is 11.4. The van der Waals surface area contributed by atoms with Crippen LogP contribution in [0.5, 0.6) is 0 Å². The Morgan fingerprint density at radius 1 is 1.32 bits per heavy atom. The SMILES string of the molecule is C=CCN(CC(F)(F)F)C(=O)c1cccc(S(=O)(=O)N(C)C(C)C)c1. The Kier molecular flexibility index (Phi) is 6.78. The summed E-state index contributed by atoms with van der Waals surface area (Å²) in [4.78, 5) is 12.8. The maximum atomic E-state index is 12.6. The van der Waals surface area contributed by atoms with Gasteiger partial charge in [0.2, 0.25) is 10.0 Å². The maximum absolute atomic E-state index is 12.6. The fourth-order valence-electron chi connectivity index (χ4n) is 2.01. The predicted molar refractivity (Wildman–Crippen MR) is 88.7 cm³/mol. The Morgan fingerprint density at radius 3 is 2.40 bits per heavy atom. The highest BCUT2D eigenvalue weighted by Crippen LogP contribution is 2.21. The summed E-state index contributed by atoms with van der Waals surface area (Å²) in [5.74, 6) is -0.915. The van der Waals surface area contributed by atoms with Gasteiger partial charge in [0.25, 0.3) is 5.91 Å². The molecule has 0 aliphatic carbocycles. The van der Waals surface area contributed by atoms with Crippen molar-refractivity contribution in [2.45, 2.75) is 31.0 Å². The molecule has 0 atom stereocenters. The lowest BCUT2D eigenvalue weighted by atomic mass is 10.2. The number of sulfonamides is 1. The first-order valence-corrected chi connectivity index (χ1v) is 8.89. The van der Waals surface area contributed by atoms with Gasteiger partial charge in [-0.25, -0.2) is 8.42 Å². The van der Waals surface area contributed by atoms with Crippen molar-refractivity contribution in [3.8, 4) is 0 Å². The minimum absolute atomic E-state index is 0.135. The lowest BCUT2D eigenvalue weighted by Crippen LogP contribution is -2.39. The third kappa shape index (κ3) is 5.57. The number of halogens is 3. The molecule has 0 aliphatic heterocycles. The van der Waals surface area contributed by atoms with E-state index in [1.165, 1.54) is 31.3 Å². The van der Waals surface area contributed by atoms with Gasteiger partial charge in [0.05, 0.1) is 4.90 Å². The molecule has 0 saturated heterocycles. The molecule has 0 aliphatic rings. The molecule has 1 rings (SSSR count). The number of benzene rings is 1. The van der Waals surface area contributed by atoms with Gasteiger partial charge in [-0.2, -0.15) is 17.5 Å². The zero-order valence-electron chi connectivity index (χ0n) is 14.2. The molecule has 25 heavy (non-hydrogen) atoms. The molecule has 5 nitrogen and oxygen atoms in total. The van der Waals surface area contributed by atoms with E-state index in [1.54, 1.807) is 13.8 Å². The van der Waals surface area contributed by atoms with Gasteiger partial charge >= 0.3 is 6.18 Å². The van der Waals surface area contributed by atoms with Gasteiger partial charge in [-0.1, -0.05) is 12.1 Å². The number of hydrogen-bond donors (Lipinski definition) is 0. The van der Waals surface area contributed by atoms with Gasteiger partial charge in [0.15, 0.2) is 0 Å². The number of rotatable bonds is 7. The molecule has 9 heteroatoms. The van der Waals surface area contributed by atoms with Crippen LogP contribution >= 0.6 is 0 Å². The van der Waals surface area contributed by atoms with Gasteiger partial charge < -0.3 is 4.90 Å². The van der Waals surface area contributed by atoms with E-state index in [4.69, 9.17) is 0 Å². The summed E-state index contributed by atoms with van der Waals surface area (Å²) < 4.78 is 64.0. The molecule has 1 amide bonds. The van der Waals surface area contributed by atoms with Crippen LogP contribution in [-0.2, 0) is 10.0 Å². The van der Waals surface area contributed by atoms with E-state index in [9.17, 15) is 26.4 Å². The number of alkyl halides is 3. The number of amides is 1. The maximum Gasteiger partial charge on any atom is 0.406 e. The second kappa shape index (κ2) is 8.01. The molecule has 0 spiro atoms.